The van der Waals surface area contributed by atoms with Gasteiger partial charge in [0.1, 0.15) is 0 Å². The fourth-order valence-corrected chi connectivity index (χ4v) is 10.2. The second-order valence-electron chi connectivity index (χ2n) is 13.1. The predicted molar refractivity (Wildman–Crippen MR) is 137 cm³/mol. The van der Waals surface area contributed by atoms with E-state index in [0.29, 0.717) is 49.4 Å². The zero-order valence-corrected chi connectivity index (χ0v) is 24.3. The minimum Gasteiger partial charge on any atom is -0.748 e. The van der Waals surface area contributed by atoms with E-state index < -0.39 is 38.5 Å². The van der Waals surface area contributed by atoms with Crippen LogP contribution in [0.5, 0.6) is 0 Å². The first-order valence-corrected chi connectivity index (χ1v) is 17.0. The molecule has 0 radical (unpaired) electrons. The fraction of sp³-hybridized carbons (Fsp3) is 0.962. The van der Waals surface area contributed by atoms with Gasteiger partial charge in [-0.3, -0.25) is 8.98 Å². The summed E-state index contributed by atoms with van der Waals surface area (Å²) in [5.74, 6) is 0.903. The highest BCUT2D eigenvalue weighted by Gasteiger charge is 2.63. The average molecular weight is 578 g/mol. The van der Waals surface area contributed by atoms with Gasteiger partial charge in [-0.2, -0.15) is 0 Å². The van der Waals surface area contributed by atoms with Crippen LogP contribution >= 0.6 is 0 Å². The van der Waals surface area contributed by atoms with Gasteiger partial charge in [0.05, 0.1) is 28.1 Å². The molecule has 220 valence electrons. The molecule has 10 nitrogen and oxygen atoms in total. The second kappa shape index (κ2) is 10.9. The minimum atomic E-state index is -4.75. The summed E-state index contributed by atoms with van der Waals surface area (Å²) >= 11 is 0. The van der Waals surface area contributed by atoms with Crippen LogP contribution in [0, 0.1) is 46.3 Å². The Morgan fingerprint density at radius 2 is 1.68 bits per heavy atom. The minimum absolute atomic E-state index is 0.0168. The number of carbonyl (C=O) groups excluding carboxylic acids is 1. The molecule has 4 saturated carbocycles. The largest absolute Gasteiger partial charge is 0.748 e. The Morgan fingerprint density at radius 1 is 1.03 bits per heavy atom. The highest BCUT2D eigenvalue weighted by atomic mass is 32.3. The first kappa shape index (κ1) is 30.2. The molecule has 4 aliphatic carbocycles. The van der Waals surface area contributed by atoms with Gasteiger partial charge in [-0.05, 0) is 104 Å². The maximum Gasteiger partial charge on any atom is 0.220 e. The lowest BCUT2D eigenvalue weighted by Crippen LogP contribution is -2.58. The normalized spacial score (nSPS) is 42.0. The van der Waals surface area contributed by atoms with Gasteiger partial charge in [0.15, 0.2) is 0 Å². The topological polar surface area (TPSA) is 173 Å². The van der Waals surface area contributed by atoms with Crippen molar-refractivity contribution >= 4 is 26.4 Å². The van der Waals surface area contributed by atoms with Crippen LogP contribution in [0.2, 0.25) is 0 Å². The summed E-state index contributed by atoms with van der Waals surface area (Å²) in [6.45, 7) is 6.66. The van der Waals surface area contributed by atoms with Crippen molar-refractivity contribution < 1.29 is 40.0 Å². The van der Waals surface area contributed by atoms with Crippen molar-refractivity contribution in [3.63, 3.8) is 0 Å². The van der Waals surface area contributed by atoms with Crippen LogP contribution in [0.15, 0.2) is 0 Å². The number of aliphatic hydroxyl groups excluding tert-OH is 1. The quantitative estimate of drug-likeness (QED) is 0.308. The number of hydrogen-bond donors (Lipinski definition) is 2. The van der Waals surface area contributed by atoms with Gasteiger partial charge in [-0.1, -0.05) is 20.8 Å². The molecule has 0 aromatic carbocycles. The van der Waals surface area contributed by atoms with Crippen LogP contribution in [0.4, 0.5) is 0 Å². The summed E-state index contributed by atoms with van der Waals surface area (Å²) in [5.41, 5.74) is 0.0475. The van der Waals surface area contributed by atoms with E-state index in [1.54, 1.807) is 0 Å². The lowest BCUT2D eigenvalue weighted by molar-refractivity contribution is -0.172. The molecule has 0 aromatic heterocycles. The molecule has 0 unspecified atom stereocenters. The third-order valence-electron chi connectivity index (χ3n) is 11.2. The van der Waals surface area contributed by atoms with Crippen LogP contribution in [0.1, 0.15) is 85.0 Å². The van der Waals surface area contributed by atoms with Gasteiger partial charge in [0, 0.05) is 13.0 Å². The van der Waals surface area contributed by atoms with E-state index in [9.17, 15) is 35.8 Å². The van der Waals surface area contributed by atoms with Crippen molar-refractivity contribution in [1.29, 1.82) is 0 Å². The maximum atomic E-state index is 12.2. The maximum absolute atomic E-state index is 12.2. The molecule has 38 heavy (non-hydrogen) atoms. The molecular weight excluding hydrogens is 534 g/mol. The number of nitrogens with one attached hydrogen (secondary N) is 1. The molecule has 4 aliphatic rings. The van der Waals surface area contributed by atoms with E-state index in [0.717, 1.165) is 32.1 Å². The van der Waals surface area contributed by atoms with E-state index in [1.807, 2.05) is 0 Å². The molecule has 0 aromatic rings. The van der Waals surface area contributed by atoms with E-state index in [2.05, 4.69) is 26.1 Å². The van der Waals surface area contributed by atoms with Gasteiger partial charge in [-0.15, -0.1) is 0 Å². The Morgan fingerprint density at radius 3 is 2.34 bits per heavy atom. The molecule has 1 amide bonds. The average Bonchev–Trinajstić information content (AvgIpc) is 3.14. The monoisotopic (exact) mass is 577 g/mol. The Hall–Kier alpha value is -0.790. The predicted octanol–water partition coefficient (Wildman–Crippen LogP) is 2.54. The van der Waals surface area contributed by atoms with Crippen LogP contribution in [-0.4, -0.2) is 61.5 Å². The standard InChI is InChI=1S/C26H45NO9S2/c1-16(4-7-23(29)27-12-13-37(30,31)32)19-5-6-20-24-21(9-11-26(19,20)3)25(2)10-8-18(36-38(33,34)35)14-17(25)15-22(24)28/h16-22,24,28H,4-15H2,1-3H3,(H,27,29)(H,30,31,32)(H,33,34,35)/p-2/t16-,17+,18-,19-,20+,21+,22+,24+,25+,26-/m1/s1. The van der Waals surface area contributed by atoms with Crippen LogP contribution < -0.4 is 5.32 Å². The molecular formula is C26H43NO9S2-2. The number of rotatable bonds is 9. The van der Waals surface area contributed by atoms with Gasteiger partial charge < -0.3 is 19.5 Å². The second-order valence-corrected chi connectivity index (χ2v) is 15.6. The molecule has 10 atom stereocenters. The van der Waals surface area contributed by atoms with Gasteiger partial charge in [0.25, 0.3) is 0 Å². The van der Waals surface area contributed by atoms with Crippen molar-refractivity contribution in [2.45, 2.75) is 97.2 Å². The summed E-state index contributed by atoms with van der Waals surface area (Å²) < 4.78 is 70.5. The first-order valence-electron chi connectivity index (χ1n) is 14.1. The van der Waals surface area contributed by atoms with E-state index >= 15 is 0 Å². The van der Waals surface area contributed by atoms with Crippen LogP contribution in [-0.2, 0) is 29.5 Å². The van der Waals surface area contributed by atoms with Crippen LogP contribution in [0.25, 0.3) is 0 Å². The number of aliphatic hydroxyl groups is 1. The lowest BCUT2D eigenvalue weighted by atomic mass is 9.43. The molecule has 4 fully saturated rings. The number of fused-ring (bicyclic) bond motifs is 5. The molecule has 0 bridgehead atoms. The van der Waals surface area contributed by atoms with Crippen molar-refractivity contribution in [2.75, 3.05) is 12.3 Å². The van der Waals surface area contributed by atoms with E-state index in [-0.39, 0.29) is 41.5 Å². The zero-order chi connectivity index (χ0) is 28.1. The number of hydrogen-bond acceptors (Lipinski definition) is 9. The van der Waals surface area contributed by atoms with Crippen molar-refractivity contribution in [1.82, 2.24) is 5.32 Å². The highest BCUT2D eigenvalue weighted by molar-refractivity contribution is 7.85. The smallest absolute Gasteiger partial charge is 0.220 e. The van der Waals surface area contributed by atoms with Gasteiger partial charge in [0.2, 0.25) is 16.3 Å². The molecule has 4 rings (SSSR count). The number of carbonyl (C=O) groups is 1. The summed E-state index contributed by atoms with van der Waals surface area (Å²) in [7, 11) is -9.10. The summed E-state index contributed by atoms with van der Waals surface area (Å²) in [4.78, 5) is 12.2. The van der Waals surface area contributed by atoms with Gasteiger partial charge in [-0.25, -0.2) is 16.8 Å². The zero-order valence-electron chi connectivity index (χ0n) is 22.6. The molecule has 2 N–H and O–H groups in total. The Kier molecular flexibility index (Phi) is 8.65. The summed E-state index contributed by atoms with van der Waals surface area (Å²) in [5, 5.41) is 14.0. The van der Waals surface area contributed by atoms with E-state index in [4.69, 9.17) is 4.18 Å². The SMILES string of the molecule is C[C@H](CCC(=O)NCCS(=O)(=O)[O-])[C@H]1CC[C@H]2[C@@H]3[C@@H](O)C[C@@H]4C[C@H](OS(=O)(=O)[O-])CC[C@]4(C)[C@H]3CC[C@]12C. The third-order valence-corrected chi connectivity index (χ3v) is 12.4. The van der Waals surface area contributed by atoms with Crippen molar-refractivity contribution in [3.8, 4) is 0 Å². The van der Waals surface area contributed by atoms with Gasteiger partial charge >= 0.3 is 0 Å². The molecule has 0 saturated heterocycles. The highest BCUT2D eigenvalue weighted by Crippen LogP contribution is 2.68. The van der Waals surface area contributed by atoms with Crippen molar-refractivity contribution in [2.24, 2.45) is 46.3 Å². The fourth-order valence-electron chi connectivity index (χ4n) is 9.38. The number of amides is 1. The third kappa shape index (κ3) is 6.25. The Bertz CT molecular complexity index is 1100. The first-order chi connectivity index (χ1) is 17.5. The molecule has 0 aliphatic heterocycles. The van der Waals surface area contributed by atoms with Crippen molar-refractivity contribution in [3.05, 3.63) is 0 Å². The lowest BCUT2D eigenvalue weighted by Gasteiger charge is -2.62. The molecule has 12 heteroatoms. The summed E-state index contributed by atoms with van der Waals surface area (Å²) in [6, 6.07) is 0. The summed E-state index contributed by atoms with van der Waals surface area (Å²) in [6.07, 6.45) is 6.45. The Balaban J connectivity index is 1.39. The van der Waals surface area contributed by atoms with Crippen LogP contribution in [0.3, 0.4) is 0 Å². The van der Waals surface area contributed by atoms with E-state index in [1.165, 1.54) is 0 Å². The molecule has 0 heterocycles. The molecule has 0 spiro atoms. The Labute approximate surface area is 227 Å².